The van der Waals surface area contributed by atoms with E-state index in [0.29, 0.717) is 0 Å². The summed E-state index contributed by atoms with van der Waals surface area (Å²) in [5, 5.41) is 0. The zero-order valence-corrected chi connectivity index (χ0v) is 22.0. The Hall–Kier alpha value is -2.39. The van der Waals surface area contributed by atoms with Gasteiger partial charge in [-0.1, -0.05) is 91.0 Å². The van der Waals surface area contributed by atoms with Gasteiger partial charge in [0.1, 0.15) is 0 Å². The molecule has 6 nitrogen and oxygen atoms in total. The van der Waals surface area contributed by atoms with Crippen LogP contribution in [0.3, 0.4) is 0 Å². The van der Waals surface area contributed by atoms with Gasteiger partial charge < -0.3 is 27.9 Å². The van der Waals surface area contributed by atoms with Gasteiger partial charge in [-0.2, -0.15) is 0 Å². The Morgan fingerprint density at radius 2 is 0.538 bits per heavy atom. The van der Waals surface area contributed by atoms with Gasteiger partial charge in [0.25, 0.3) is 0 Å². The summed E-state index contributed by atoms with van der Waals surface area (Å²) in [6.07, 6.45) is 5.07. The molecule has 3 saturated heterocycles. The first-order valence-electron chi connectivity index (χ1n) is 14.4. The van der Waals surface area contributed by atoms with Crippen molar-refractivity contribution in [3.8, 4) is 0 Å². The van der Waals surface area contributed by atoms with Gasteiger partial charge in [-0.05, 0) is 54.9 Å². The van der Waals surface area contributed by atoms with Crippen molar-refractivity contribution in [2.24, 2.45) is 0 Å². The molecule has 1 saturated carbocycles. The normalized spacial score (nSPS) is 31.2. The van der Waals surface area contributed by atoms with Crippen molar-refractivity contribution in [2.45, 2.75) is 75.1 Å². The molecule has 198 valence electrons. The quantitative estimate of drug-likeness (QED) is 0.494. The fourth-order valence-corrected chi connectivity index (χ4v) is 6.39. The molecule has 0 spiro atoms. The van der Waals surface area contributed by atoms with Crippen molar-refractivity contribution in [3.05, 3.63) is 91.0 Å². The lowest BCUT2D eigenvalue weighted by Gasteiger charge is -2.27. The molecule has 39 heavy (non-hydrogen) atoms. The van der Waals surface area contributed by atoms with Crippen LogP contribution in [-0.4, -0.2) is 58.0 Å². The average Bonchev–Trinajstić information content (AvgIpc) is 3.71. The van der Waals surface area contributed by atoms with Crippen LogP contribution in [0.25, 0.3) is 0 Å². The minimum absolute atomic E-state index is 0.0136. The van der Waals surface area contributed by atoms with Crippen molar-refractivity contribution in [2.75, 3.05) is 0 Å². The van der Waals surface area contributed by atoms with E-state index < -0.39 is 0 Å². The predicted molar refractivity (Wildman–Crippen MR) is 152 cm³/mol. The Kier molecular flexibility index (Phi) is 7.62. The van der Waals surface area contributed by atoms with Gasteiger partial charge in [0.2, 0.25) is 0 Å². The molecule has 0 aromatic heterocycles. The molecule has 3 heterocycles. The highest BCUT2D eigenvalue weighted by Gasteiger charge is 2.47. The third-order valence-corrected chi connectivity index (χ3v) is 8.46. The maximum Gasteiger partial charge on any atom is 0.494 e. The maximum absolute atomic E-state index is 6.53. The van der Waals surface area contributed by atoms with Crippen LogP contribution in [0.1, 0.15) is 38.5 Å². The second-order valence-corrected chi connectivity index (χ2v) is 11.0. The van der Waals surface area contributed by atoms with Crippen LogP contribution in [0.5, 0.6) is 0 Å². The number of hydrogen-bond donors (Lipinski definition) is 0. The lowest BCUT2D eigenvalue weighted by Crippen LogP contribution is -2.33. The third kappa shape index (κ3) is 5.62. The Labute approximate surface area is 231 Å². The van der Waals surface area contributed by atoms with Gasteiger partial charge in [0.05, 0.1) is 36.6 Å². The lowest BCUT2D eigenvalue weighted by molar-refractivity contribution is 0.0620. The van der Waals surface area contributed by atoms with Crippen molar-refractivity contribution in [3.63, 3.8) is 0 Å². The molecule has 0 N–H and O–H groups in total. The second-order valence-electron chi connectivity index (χ2n) is 11.0. The summed E-state index contributed by atoms with van der Waals surface area (Å²) in [7, 11) is -1.06. The van der Waals surface area contributed by atoms with E-state index in [1.165, 1.54) is 0 Å². The Morgan fingerprint density at radius 3 is 0.744 bits per heavy atom. The van der Waals surface area contributed by atoms with Gasteiger partial charge in [-0.25, -0.2) is 0 Å². The SMILES string of the molecule is c1ccc(B2O[C@H]3CC[C@@H]4OB(c5ccccc5)O[C@H]4CC[C@@H]4OB(c5ccccc5)O[C@H]4CC[C@@H]3O2)cc1. The van der Waals surface area contributed by atoms with Gasteiger partial charge in [-0.15, -0.1) is 0 Å². The fraction of sp³-hybridized carbons (Fsp3) is 0.400. The van der Waals surface area contributed by atoms with Crippen LogP contribution >= 0.6 is 0 Å². The summed E-state index contributed by atoms with van der Waals surface area (Å²) in [5.74, 6) is 0. The van der Waals surface area contributed by atoms with Crippen LogP contribution in [0.15, 0.2) is 91.0 Å². The number of fused-ring (bicyclic) bond motifs is 3. The van der Waals surface area contributed by atoms with Gasteiger partial charge in [-0.3, -0.25) is 0 Å². The number of hydrogen-bond acceptors (Lipinski definition) is 6. The number of rotatable bonds is 3. The first-order chi connectivity index (χ1) is 19.3. The molecule has 3 aromatic rings. The summed E-state index contributed by atoms with van der Waals surface area (Å²) in [6, 6.07) is 30.7. The molecule has 3 aliphatic heterocycles. The first kappa shape index (κ1) is 25.6. The molecule has 4 aliphatic rings. The second kappa shape index (κ2) is 11.6. The monoisotopic (exact) mass is 522 g/mol. The lowest BCUT2D eigenvalue weighted by atomic mass is 9.79. The van der Waals surface area contributed by atoms with Crippen molar-refractivity contribution in [1.29, 1.82) is 0 Å². The van der Waals surface area contributed by atoms with Crippen molar-refractivity contribution in [1.82, 2.24) is 0 Å². The van der Waals surface area contributed by atoms with Crippen LogP contribution in [-0.2, 0) is 27.9 Å². The first-order valence-corrected chi connectivity index (χ1v) is 14.4. The van der Waals surface area contributed by atoms with Gasteiger partial charge in [0, 0.05) is 0 Å². The van der Waals surface area contributed by atoms with E-state index in [1.807, 2.05) is 54.6 Å². The average molecular weight is 522 g/mol. The maximum atomic E-state index is 6.53. The highest BCUT2D eigenvalue weighted by Crippen LogP contribution is 2.34. The van der Waals surface area contributed by atoms with Crippen molar-refractivity contribution >= 4 is 37.7 Å². The fourth-order valence-electron chi connectivity index (χ4n) is 6.39. The molecule has 0 unspecified atom stereocenters. The topological polar surface area (TPSA) is 55.4 Å². The zero-order valence-electron chi connectivity index (χ0n) is 22.0. The standard InChI is InChI=1S/C30H33B3O6/c1-4-10-22(11-5-1)31-34-25-16-18-27-29(38-32(36-27)23-12-6-2-7-13-23)20-21-30-28(19-17-26(25)35-31)37-33(39-30)24-14-8-3-9-15-24/h1-15,25-30H,16-21H2/t25-,26-,27-,28-,29-,30-/m0/s1. The highest BCUT2D eigenvalue weighted by atomic mass is 16.7. The summed E-state index contributed by atoms with van der Waals surface area (Å²) in [5.41, 5.74) is 3.16. The molecule has 0 amide bonds. The molecule has 1 aliphatic carbocycles. The minimum Gasteiger partial charge on any atom is -0.402 e. The summed E-state index contributed by atoms with van der Waals surface area (Å²) < 4.78 is 39.2. The molecular weight excluding hydrogens is 489 g/mol. The van der Waals surface area contributed by atoms with Crippen LogP contribution in [0.4, 0.5) is 0 Å². The summed E-state index contributed by atoms with van der Waals surface area (Å²) in [6.45, 7) is 0. The Morgan fingerprint density at radius 1 is 0.333 bits per heavy atom. The molecule has 7 rings (SSSR count). The molecular formula is C30H33B3O6. The highest BCUT2D eigenvalue weighted by molar-refractivity contribution is 6.62. The van der Waals surface area contributed by atoms with E-state index in [-0.39, 0.29) is 58.0 Å². The molecule has 0 bridgehead atoms. The van der Waals surface area contributed by atoms with Gasteiger partial charge in [0.15, 0.2) is 0 Å². The van der Waals surface area contributed by atoms with Crippen LogP contribution in [0, 0.1) is 0 Å². The van der Waals surface area contributed by atoms with Crippen LogP contribution in [0.2, 0.25) is 0 Å². The van der Waals surface area contributed by atoms with Crippen LogP contribution < -0.4 is 16.4 Å². The smallest absolute Gasteiger partial charge is 0.402 e. The van der Waals surface area contributed by atoms with E-state index in [9.17, 15) is 0 Å². The molecule has 0 radical (unpaired) electrons. The summed E-state index contributed by atoms with van der Waals surface area (Å²) in [4.78, 5) is 0. The zero-order chi connectivity index (χ0) is 26.0. The molecule has 6 atom stereocenters. The predicted octanol–water partition coefficient (Wildman–Crippen LogP) is 2.88. The van der Waals surface area contributed by atoms with E-state index in [1.54, 1.807) is 0 Å². The van der Waals surface area contributed by atoms with Gasteiger partial charge >= 0.3 is 21.4 Å². The minimum atomic E-state index is -0.353. The summed E-state index contributed by atoms with van der Waals surface area (Å²) >= 11 is 0. The Balaban J connectivity index is 1.13. The largest absolute Gasteiger partial charge is 0.494 e. The molecule has 4 fully saturated rings. The van der Waals surface area contributed by atoms with E-state index in [4.69, 9.17) is 27.9 Å². The molecule has 3 aromatic carbocycles. The van der Waals surface area contributed by atoms with Crippen molar-refractivity contribution < 1.29 is 27.9 Å². The van der Waals surface area contributed by atoms with E-state index >= 15 is 0 Å². The number of benzene rings is 3. The van der Waals surface area contributed by atoms with E-state index in [0.717, 1.165) is 54.9 Å². The van der Waals surface area contributed by atoms with E-state index in [2.05, 4.69) is 36.4 Å². The third-order valence-electron chi connectivity index (χ3n) is 8.46. The molecule has 9 heteroatoms. The Bertz CT molecular complexity index is 1020.